The van der Waals surface area contributed by atoms with Crippen LogP contribution in [-0.2, 0) is 4.79 Å². The van der Waals surface area contributed by atoms with Gasteiger partial charge in [-0.25, -0.2) is 9.80 Å². The van der Waals surface area contributed by atoms with Gasteiger partial charge >= 0.3 is 6.03 Å². The maximum atomic E-state index is 13.2. The maximum absolute atomic E-state index is 13.2. The number of hydrogen-bond donors (Lipinski definition) is 4. The minimum absolute atomic E-state index is 0.353. The lowest BCUT2D eigenvalue weighted by atomic mass is 10.1. The van der Waals surface area contributed by atoms with E-state index in [1.807, 2.05) is 55.5 Å². The van der Waals surface area contributed by atoms with Crippen molar-refractivity contribution in [3.05, 3.63) is 87.0 Å². The van der Waals surface area contributed by atoms with Crippen LogP contribution in [0.3, 0.4) is 0 Å². The number of anilines is 3. The van der Waals surface area contributed by atoms with E-state index in [1.165, 1.54) is 0 Å². The number of benzene rings is 3. The number of hydrogen-bond acceptors (Lipinski definition) is 4. The molecule has 166 valence electrons. The Balaban J connectivity index is 1.76. The highest BCUT2D eigenvalue weighted by molar-refractivity contribution is 14.1. The van der Waals surface area contributed by atoms with E-state index in [0.29, 0.717) is 22.0 Å². The topological polar surface area (TPSA) is 85.5 Å². The normalized spacial score (nSPS) is 11.5. The monoisotopic (exact) mass is 563 g/mol. The van der Waals surface area contributed by atoms with Crippen LogP contribution in [0.25, 0.3) is 0 Å². The average Bonchev–Trinajstić information content (AvgIpc) is 2.75. The third-order valence-corrected chi connectivity index (χ3v) is 5.60. The molecule has 1 atom stereocenters. The van der Waals surface area contributed by atoms with Crippen LogP contribution in [0, 0.1) is 3.57 Å². The summed E-state index contributed by atoms with van der Waals surface area (Å²) < 4.78 is 0.863. The highest BCUT2D eigenvalue weighted by Gasteiger charge is 2.25. The van der Waals surface area contributed by atoms with E-state index in [4.69, 9.17) is 11.6 Å². The zero-order valence-corrected chi connectivity index (χ0v) is 20.4. The molecule has 3 aromatic carbocycles. The van der Waals surface area contributed by atoms with Gasteiger partial charge in [-0.1, -0.05) is 29.8 Å². The van der Waals surface area contributed by atoms with Crippen LogP contribution in [0.5, 0.6) is 0 Å². The maximum Gasteiger partial charge on any atom is 0.320 e. The predicted molar refractivity (Wildman–Crippen MR) is 138 cm³/mol. The molecule has 4 N–H and O–H groups in total. The van der Waals surface area contributed by atoms with E-state index >= 15 is 0 Å². The average molecular weight is 564 g/mol. The van der Waals surface area contributed by atoms with Crippen molar-refractivity contribution < 1.29 is 9.59 Å². The minimum atomic E-state index is -0.894. The lowest BCUT2D eigenvalue weighted by Crippen LogP contribution is -2.39. The number of halogens is 2. The zero-order valence-electron chi connectivity index (χ0n) is 17.5. The summed E-state index contributed by atoms with van der Waals surface area (Å²) in [6, 6.07) is 20.1. The molecule has 0 saturated carbocycles. The summed E-state index contributed by atoms with van der Waals surface area (Å²) in [6.07, 6.45) is 0. The highest BCUT2D eigenvalue weighted by Crippen LogP contribution is 2.23. The molecule has 3 amide bonds. The van der Waals surface area contributed by atoms with Gasteiger partial charge in [0.25, 0.3) is 5.91 Å². The molecule has 0 bridgehead atoms. The Bertz CT molecular complexity index is 1070. The number of nitrogens with zero attached hydrogens (tertiary/aromatic N) is 1. The van der Waals surface area contributed by atoms with Crippen molar-refractivity contribution in [2.75, 3.05) is 30.2 Å². The second-order valence-electron chi connectivity index (χ2n) is 7.13. The van der Waals surface area contributed by atoms with E-state index in [9.17, 15) is 9.59 Å². The van der Waals surface area contributed by atoms with E-state index in [2.05, 4.69) is 44.0 Å². The fourth-order valence-electron chi connectivity index (χ4n) is 2.93. The number of hydrazine groups is 1. The Morgan fingerprint density at radius 2 is 1.41 bits per heavy atom. The summed E-state index contributed by atoms with van der Waals surface area (Å²) in [5.41, 5.74) is 5.92. The molecular weight excluding hydrogens is 541 g/mol. The van der Waals surface area contributed by atoms with Crippen LogP contribution in [-0.4, -0.2) is 31.0 Å². The molecule has 9 heteroatoms. The number of carbonyl (C=O) groups excluding carboxylic acids is 2. The molecule has 0 saturated heterocycles. The van der Waals surface area contributed by atoms with Crippen LogP contribution < -0.4 is 21.4 Å². The smallest absolute Gasteiger partial charge is 0.320 e. The van der Waals surface area contributed by atoms with E-state index < -0.39 is 12.1 Å². The lowest BCUT2D eigenvalue weighted by molar-refractivity contribution is -0.118. The van der Waals surface area contributed by atoms with Gasteiger partial charge in [0.15, 0.2) is 0 Å². The number of rotatable bonds is 7. The molecule has 1 unspecified atom stereocenters. The molecule has 0 fully saturated rings. The molecule has 0 spiro atoms. The van der Waals surface area contributed by atoms with Crippen LogP contribution in [0.4, 0.5) is 21.9 Å². The third kappa shape index (κ3) is 6.84. The van der Waals surface area contributed by atoms with Gasteiger partial charge < -0.3 is 21.4 Å². The molecule has 3 rings (SSSR count). The van der Waals surface area contributed by atoms with E-state index in [-0.39, 0.29) is 5.91 Å². The van der Waals surface area contributed by atoms with Crippen molar-refractivity contribution in [2.24, 2.45) is 0 Å². The van der Waals surface area contributed by atoms with Gasteiger partial charge in [0.2, 0.25) is 0 Å². The molecule has 3 aromatic rings. The molecule has 0 heterocycles. The number of urea groups is 1. The van der Waals surface area contributed by atoms with Gasteiger partial charge in [-0.2, -0.15) is 0 Å². The minimum Gasteiger partial charge on any atom is -0.324 e. The molecule has 0 aromatic heterocycles. The van der Waals surface area contributed by atoms with Gasteiger partial charge in [0.05, 0.1) is 0 Å². The summed E-state index contributed by atoms with van der Waals surface area (Å²) in [5.74, 6) is -0.353. The first-order valence-corrected chi connectivity index (χ1v) is 11.2. The Kier molecular flexibility index (Phi) is 8.32. The fourth-order valence-corrected chi connectivity index (χ4v) is 3.75. The molecule has 0 aliphatic heterocycles. The van der Waals surface area contributed by atoms with Gasteiger partial charge in [-0.3, -0.25) is 4.79 Å². The van der Waals surface area contributed by atoms with Gasteiger partial charge in [0, 0.05) is 39.8 Å². The Morgan fingerprint density at radius 3 is 2.03 bits per heavy atom. The number of nitrogens with one attached hydrogen (secondary N) is 4. The molecule has 7 nitrogen and oxygen atoms in total. The van der Waals surface area contributed by atoms with Gasteiger partial charge in [0.1, 0.15) is 6.04 Å². The molecule has 32 heavy (non-hydrogen) atoms. The van der Waals surface area contributed by atoms with Crippen molar-refractivity contribution in [2.45, 2.75) is 6.04 Å². The second kappa shape index (κ2) is 11.2. The van der Waals surface area contributed by atoms with Gasteiger partial charge in [-0.15, -0.1) is 0 Å². The SMILES string of the molecule is CN(C)Nc1ccc(NC(=O)C(NC(=O)Nc2ccc(Cl)cc2)c2ccccc2I)cc1. The first-order valence-electron chi connectivity index (χ1n) is 9.74. The zero-order chi connectivity index (χ0) is 23.1. The van der Waals surface area contributed by atoms with E-state index in [1.54, 1.807) is 36.4 Å². The number of carbonyl (C=O) groups is 2. The van der Waals surface area contributed by atoms with Crippen molar-refractivity contribution in [3.8, 4) is 0 Å². The molecule has 0 aliphatic carbocycles. The highest BCUT2D eigenvalue weighted by atomic mass is 127. The standard InChI is InChI=1S/C23H23ClIN5O2/c1-30(2)29-18-13-11-16(12-14-18)26-22(31)21(19-5-3-4-6-20(19)25)28-23(32)27-17-9-7-15(24)8-10-17/h3-14,21,29H,1-2H3,(H,26,31)(H2,27,28,32). The summed E-state index contributed by atoms with van der Waals surface area (Å²) in [4.78, 5) is 25.8. The molecule has 0 aliphatic rings. The Hall–Kier alpha value is -2.82. The Morgan fingerprint density at radius 1 is 0.844 bits per heavy atom. The molecule has 0 radical (unpaired) electrons. The fraction of sp³-hybridized carbons (Fsp3) is 0.130. The Labute approximate surface area is 205 Å². The summed E-state index contributed by atoms with van der Waals surface area (Å²) in [5, 5.41) is 10.8. The van der Waals surface area contributed by atoms with Crippen molar-refractivity contribution in [3.63, 3.8) is 0 Å². The van der Waals surface area contributed by atoms with Crippen molar-refractivity contribution in [1.82, 2.24) is 10.3 Å². The largest absolute Gasteiger partial charge is 0.324 e. The van der Waals surface area contributed by atoms with Crippen molar-refractivity contribution >= 4 is 63.2 Å². The van der Waals surface area contributed by atoms with Crippen molar-refractivity contribution in [1.29, 1.82) is 0 Å². The quantitative estimate of drug-likeness (QED) is 0.231. The number of amides is 3. The van der Waals surface area contributed by atoms with Crippen LogP contribution in [0.2, 0.25) is 5.02 Å². The summed E-state index contributed by atoms with van der Waals surface area (Å²) in [6.45, 7) is 0. The second-order valence-corrected chi connectivity index (χ2v) is 8.73. The van der Waals surface area contributed by atoms with Gasteiger partial charge in [-0.05, 0) is 82.8 Å². The van der Waals surface area contributed by atoms with Crippen LogP contribution in [0.15, 0.2) is 72.8 Å². The first-order chi connectivity index (χ1) is 15.3. The summed E-state index contributed by atoms with van der Waals surface area (Å²) in [7, 11) is 3.78. The van der Waals surface area contributed by atoms with E-state index in [0.717, 1.165) is 9.26 Å². The van der Waals surface area contributed by atoms with Crippen LogP contribution >= 0.6 is 34.2 Å². The molecular formula is C23H23ClIN5O2. The van der Waals surface area contributed by atoms with Crippen LogP contribution in [0.1, 0.15) is 11.6 Å². The lowest BCUT2D eigenvalue weighted by Gasteiger charge is -2.21. The third-order valence-electron chi connectivity index (χ3n) is 4.36. The first kappa shape index (κ1) is 23.8. The summed E-state index contributed by atoms with van der Waals surface area (Å²) >= 11 is 8.04. The predicted octanol–water partition coefficient (Wildman–Crippen LogP) is 5.33.